The van der Waals surface area contributed by atoms with E-state index in [0.29, 0.717) is 25.8 Å². The van der Waals surface area contributed by atoms with E-state index in [9.17, 15) is 19.5 Å². The number of amides is 2. The van der Waals surface area contributed by atoms with Gasteiger partial charge in [-0.15, -0.1) is 0 Å². The molecule has 0 unspecified atom stereocenters. The first-order valence-corrected chi connectivity index (χ1v) is 8.12. The minimum absolute atomic E-state index is 0.0829. The topological polar surface area (TPSA) is 168 Å². The molecular formula is C15H30N4O5. The Morgan fingerprint density at radius 3 is 2.08 bits per heavy atom. The Labute approximate surface area is 142 Å². The minimum Gasteiger partial charge on any atom is -0.480 e. The highest BCUT2D eigenvalue weighted by Gasteiger charge is 2.27. The Kier molecular flexibility index (Phi) is 10.9. The smallest absolute Gasteiger partial charge is 0.326 e. The Balaban J connectivity index is 4.92. The van der Waals surface area contributed by atoms with Gasteiger partial charge in [0.15, 0.2) is 0 Å². The maximum atomic E-state index is 12.4. The van der Waals surface area contributed by atoms with Crippen LogP contribution in [0, 0.1) is 5.92 Å². The molecule has 0 aromatic carbocycles. The number of aliphatic carboxylic acids is 1. The highest BCUT2D eigenvalue weighted by atomic mass is 16.4. The molecule has 0 saturated carbocycles. The summed E-state index contributed by atoms with van der Waals surface area (Å²) in [6.07, 6.45) is 1.84. The third kappa shape index (κ3) is 8.80. The molecule has 0 fully saturated rings. The van der Waals surface area contributed by atoms with Crippen LogP contribution in [0.1, 0.15) is 39.5 Å². The number of carboxylic acid groups (broad SMARTS) is 1. The van der Waals surface area contributed by atoms with Gasteiger partial charge in [-0.25, -0.2) is 4.79 Å². The minimum atomic E-state index is -1.14. The number of hydrogen-bond acceptors (Lipinski definition) is 6. The first kappa shape index (κ1) is 22.3. The maximum absolute atomic E-state index is 12.4. The number of carbonyl (C=O) groups excluding carboxylic acids is 2. The van der Waals surface area contributed by atoms with Crippen molar-refractivity contribution in [2.45, 2.75) is 57.7 Å². The lowest BCUT2D eigenvalue weighted by Gasteiger charge is -2.23. The third-order valence-electron chi connectivity index (χ3n) is 3.44. The van der Waals surface area contributed by atoms with Crippen LogP contribution in [0.5, 0.6) is 0 Å². The van der Waals surface area contributed by atoms with Crippen molar-refractivity contribution in [3.05, 3.63) is 0 Å². The molecule has 0 aromatic heterocycles. The number of aliphatic hydroxyl groups is 1. The van der Waals surface area contributed by atoms with Crippen molar-refractivity contribution in [2.24, 2.45) is 17.4 Å². The number of aliphatic hydroxyl groups excluding tert-OH is 1. The van der Waals surface area contributed by atoms with Crippen molar-refractivity contribution in [1.82, 2.24) is 10.6 Å². The van der Waals surface area contributed by atoms with E-state index in [1.54, 1.807) is 0 Å². The van der Waals surface area contributed by atoms with Crippen molar-refractivity contribution < 1.29 is 24.6 Å². The predicted molar refractivity (Wildman–Crippen MR) is 88.9 cm³/mol. The maximum Gasteiger partial charge on any atom is 0.326 e. The van der Waals surface area contributed by atoms with E-state index in [1.807, 2.05) is 13.8 Å². The number of rotatable bonds is 12. The average molecular weight is 346 g/mol. The van der Waals surface area contributed by atoms with Gasteiger partial charge in [-0.05, 0) is 38.1 Å². The van der Waals surface area contributed by atoms with Crippen LogP contribution in [0.4, 0.5) is 0 Å². The summed E-state index contributed by atoms with van der Waals surface area (Å²) < 4.78 is 0. The number of unbranched alkanes of at least 4 members (excludes halogenated alkanes) is 1. The molecule has 0 saturated heterocycles. The fourth-order valence-electron chi connectivity index (χ4n) is 2.09. The Hall–Kier alpha value is -1.71. The second-order valence-electron chi connectivity index (χ2n) is 6.16. The van der Waals surface area contributed by atoms with E-state index in [4.69, 9.17) is 16.6 Å². The molecule has 8 N–H and O–H groups in total. The Bertz CT molecular complexity index is 417. The lowest BCUT2D eigenvalue weighted by atomic mass is 10.0. The molecule has 3 atom stereocenters. The van der Waals surface area contributed by atoms with Crippen molar-refractivity contribution in [2.75, 3.05) is 13.2 Å². The quantitative estimate of drug-likeness (QED) is 0.235. The number of nitrogens with one attached hydrogen (secondary N) is 2. The number of carboxylic acids is 1. The molecule has 0 aliphatic heterocycles. The molecule has 9 heteroatoms. The molecular weight excluding hydrogens is 316 g/mol. The summed E-state index contributed by atoms with van der Waals surface area (Å²) in [5.41, 5.74) is 10.8. The van der Waals surface area contributed by atoms with Gasteiger partial charge in [0.2, 0.25) is 11.8 Å². The molecule has 0 aliphatic carbocycles. The average Bonchev–Trinajstić information content (AvgIpc) is 2.51. The van der Waals surface area contributed by atoms with E-state index in [1.165, 1.54) is 0 Å². The highest BCUT2D eigenvalue weighted by Crippen LogP contribution is 2.07. The van der Waals surface area contributed by atoms with Gasteiger partial charge in [0.1, 0.15) is 18.1 Å². The van der Waals surface area contributed by atoms with Crippen molar-refractivity contribution >= 4 is 17.8 Å². The molecule has 2 amide bonds. The Morgan fingerprint density at radius 2 is 1.62 bits per heavy atom. The summed E-state index contributed by atoms with van der Waals surface area (Å²) in [6, 6.07) is -3.09. The van der Waals surface area contributed by atoms with Gasteiger partial charge >= 0.3 is 5.97 Å². The normalized spacial score (nSPS) is 14.8. The fourth-order valence-corrected chi connectivity index (χ4v) is 2.09. The van der Waals surface area contributed by atoms with E-state index in [-0.39, 0.29) is 12.3 Å². The van der Waals surface area contributed by atoms with Gasteiger partial charge < -0.3 is 32.3 Å². The van der Waals surface area contributed by atoms with Crippen LogP contribution in [0.2, 0.25) is 0 Å². The monoisotopic (exact) mass is 346 g/mol. The van der Waals surface area contributed by atoms with E-state index >= 15 is 0 Å². The SMILES string of the molecule is CC(C)C[C@H](NC(=O)[C@H](CCCCN)NC(=O)[C@@H](N)CO)C(=O)O. The number of carbonyl (C=O) groups is 3. The lowest BCUT2D eigenvalue weighted by molar-refractivity contribution is -0.142. The molecule has 9 nitrogen and oxygen atoms in total. The van der Waals surface area contributed by atoms with Crippen LogP contribution in [0.25, 0.3) is 0 Å². The van der Waals surface area contributed by atoms with E-state index in [2.05, 4.69) is 10.6 Å². The zero-order valence-corrected chi connectivity index (χ0v) is 14.3. The summed E-state index contributed by atoms with van der Waals surface area (Å²) >= 11 is 0. The second kappa shape index (κ2) is 11.8. The second-order valence-corrected chi connectivity index (χ2v) is 6.16. The summed E-state index contributed by atoms with van der Waals surface area (Å²) in [6.45, 7) is 3.60. The Morgan fingerprint density at radius 1 is 1.04 bits per heavy atom. The van der Waals surface area contributed by atoms with Crippen LogP contribution in [-0.4, -0.2) is 59.3 Å². The van der Waals surface area contributed by atoms with Gasteiger partial charge in [-0.2, -0.15) is 0 Å². The van der Waals surface area contributed by atoms with Gasteiger partial charge in [-0.1, -0.05) is 13.8 Å². The van der Waals surface area contributed by atoms with Gasteiger partial charge in [0.25, 0.3) is 0 Å². The standard InChI is InChI=1S/C15H30N4O5/c1-9(2)7-12(15(23)24)19-14(22)11(5-3-4-6-16)18-13(21)10(17)8-20/h9-12,20H,3-8,16-17H2,1-2H3,(H,18,21)(H,19,22)(H,23,24)/t10-,11-,12-/m0/s1. The number of nitrogens with two attached hydrogens (primary N) is 2. The summed E-state index contributed by atoms with van der Waals surface area (Å²) in [4.78, 5) is 35.4. The van der Waals surface area contributed by atoms with Crippen molar-refractivity contribution in [3.8, 4) is 0 Å². The van der Waals surface area contributed by atoms with Crippen LogP contribution < -0.4 is 22.1 Å². The third-order valence-corrected chi connectivity index (χ3v) is 3.44. The predicted octanol–water partition coefficient (Wildman–Crippen LogP) is -1.46. The summed E-state index contributed by atoms with van der Waals surface area (Å²) in [7, 11) is 0. The molecule has 0 spiro atoms. The highest BCUT2D eigenvalue weighted by molar-refractivity contribution is 5.91. The van der Waals surface area contributed by atoms with Gasteiger partial charge in [-0.3, -0.25) is 9.59 Å². The van der Waals surface area contributed by atoms with Crippen LogP contribution in [0.15, 0.2) is 0 Å². The summed E-state index contributed by atoms with van der Waals surface area (Å²) in [5, 5.41) is 23.0. The molecule has 0 radical (unpaired) electrons. The number of hydrogen-bond donors (Lipinski definition) is 6. The molecule has 0 aliphatic rings. The lowest BCUT2D eigenvalue weighted by Crippen LogP contribution is -2.55. The molecule has 0 rings (SSSR count). The zero-order chi connectivity index (χ0) is 18.7. The summed E-state index contributed by atoms with van der Waals surface area (Å²) in [5.74, 6) is -2.30. The van der Waals surface area contributed by atoms with Crippen LogP contribution in [-0.2, 0) is 14.4 Å². The van der Waals surface area contributed by atoms with Gasteiger partial charge in [0, 0.05) is 0 Å². The van der Waals surface area contributed by atoms with Crippen molar-refractivity contribution in [3.63, 3.8) is 0 Å². The molecule has 0 aromatic rings. The molecule has 0 bridgehead atoms. The van der Waals surface area contributed by atoms with Crippen LogP contribution in [0.3, 0.4) is 0 Å². The van der Waals surface area contributed by atoms with Crippen LogP contribution >= 0.6 is 0 Å². The first-order chi connectivity index (χ1) is 11.2. The molecule has 140 valence electrons. The largest absolute Gasteiger partial charge is 0.480 e. The van der Waals surface area contributed by atoms with E-state index < -0.39 is 42.5 Å². The fraction of sp³-hybridized carbons (Fsp3) is 0.800. The van der Waals surface area contributed by atoms with E-state index in [0.717, 1.165) is 0 Å². The zero-order valence-electron chi connectivity index (χ0n) is 14.3. The molecule has 0 heterocycles. The first-order valence-electron chi connectivity index (χ1n) is 8.12. The van der Waals surface area contributed by atoms with Gasteiger partial charge in [0.05, 0.1) is 6.61 Å². The van der Waals surface area contributed by atoms with Crippen molar-refractivity contribution in [1.29, 1.82) is 0 Å². The molecule has 24 heavy (non-hydrogen) atoms.